The second kappa shape index (κ2) is 7.98. The van der Waals surface area contributed by atoms with Crippen LogP contribution in [0.25, 0.3) is 0 Å². The Bertz CT molecular complexity index is 648. The van der Waals surface area contributed by atoms with Gasteiger partial charge in [0.05, 0.1) is 17.5 Å². The molecule has 0 spiro atoms. The molecular weight excluding hydrogens is 328 g/mol. The third-order valence-electron chi connectivity index (χ3n) is 4.06. The zero-order valence-corrected chi connectivity index (χ0v) is 15.3. The minimum absolute atomic E-state index is 0.0236. The number of ether oxygens (including phenoxy) is 1. The number of nitrogens with one attached hydrogen (secondary N) is 1. The molecule has 1 heterocycles. The van der Waals surface area contributed by atoms with Crippen LogP contribution in [0, 0.1) is 5.92 Å². The molecule has 7 heteroatoms. The molecule has 24 heavy (non-hydrogen) atoms. The standard InChI is InChI=1S/C17H26N2O4S/c1-13(2)23-15-4-6-16(7-5-15)24(21,22)18-12-17(20)19-10-8-14(3)9-11-19/h4-7,13-14,18H,8-12H2,1-3H3. The number of hydrogen-bond donors (Lipinski definition) is 1. The third-order valence-corrected chi connectivity index (χ3v) is 5.47. The molecule has 1 amide bonds. The molecule has 0 saturated carbocycles. The number of amides is 1. The van der Waals surface area contributed by atoms with Crippen LogP contribution in [0.1, 0.15) is 33.6 Å². The smallest absolute Gasteiger partial charge is 0.241 e. The molecule has 1 aliphatic rings. The summed E-state index contributed by atoms with van der Waals surface area (Å²) in [6.45, 7) is 7.16. The number of sulfonamides is 1. The van der Waals surface area contributed by atoms with E-state index >= 15 is 0 Å². The van der Waals surface area contributed by atoms with Crippen LogP contribution in [-0.2, 0) is 14.8 Å². The van der Waals surface area contributed by atoms with Gasteiger partial charge in [-0.25, -0.2) is 13.1 Å². The van der Waals surface area contributed by atoms with Crippen LogP contribution in [-0.4, -0.2) is 45.0 Å². The highest BCUT2D eigenvalue weighted by Gasteiger charge is 2.22. The molecule has 1 saturated heterocycles. The predicted molar refractivity (Wildman–Crippen MR) is 92.4 cm³/mol. The number of carbonyl (C=O) groups is 1. The number of rotatable bonds is 6. The van der Waals surface area contributed by atoms with Crippen LogP contribution in [0.2, 0.25) is 0 Å². The number of carbonyl (C=O) groups excluding carboxylic acids is 1. The molecule has 0 unspecified atom stereocenters. The first kappa shape index (κ1) is 18.7. The quantitative estimate of drug-likeness (QED) is 0.848. The van der Waals surface area contributed by atoms with Crippen molar-refractivity contribution in [3.05, 3.63) is 24.3 Å². The monoisotopic (exact) mass is 354 g/mol. The fraction of sp³-hybridized carbons (Fsp3) is 0.588. The van der Waals surface area contributed by atoms with Gasteiger partial charge < -0.3 is 9.64 Å². The Morgan fingerprint density at radius 2 is 1.83 bits per heavy atom. The molecule has 1 aromatic carbocycles. The molecule has 0 radical (unpaired) electrons. The highest BCUT2D eigenvalue weighted by molar-refractivity contribution is 7.89. The molecule has 6 nitrogen and oxygen atoms in total. The van der Waals surface area contributed by atoms with Crippen LogP contribution < -0.4 is 9.46 Å². The maximum atomic E-state index is 12.3. The van der Waals surface area contributed by atoms with Crippen molar-refractivity contribution < 1.29 is 17.9 Å². The van der Waals surface area contributed by atoms with Gasteiger partial charge in [0.15, 0.2) is 0 Å². The van der Waals surface area contributed by atoms with Gasteiger partial charge in [-0.3, -0.25) is 4.79 Å². The van der Waals surface area contributed by atoms with Crippen molar-refractivity contribution in [3.63, 3.8) is 0 Å². The summed E-state index contributed by atoms with van der Waals surface area (Å²) in [5.74, 6) is 1.06. The number of piperidine rings is 1. The van der Waals surface area contributed by atoms with E-state index in [1.807, 2.05) is 13.8 Å². The first-order valence-corrected chi connectivity index (χ1v) is 9.80. The molecule has 0 bridgehead atoms. The molecule has 1 aromatic rings. The van der Waals surface area contributed by atoms with E-state index < -0.39 is 10.0 Å². The van der Waals surface area contributed by atoms with Gasteiger partial charge in [0, 0.05) is 13.1 Å². The first-order valence-electron chi connectivity index (χ1n) is 8.32. The van der Waals surface area contributed by atoms with Crippen LogP contribution in [0.5, 0.6) is 5.75 Å². The van der Waals surface area contributed by atoms with Crippen LogP contribution in [0.4, 0.5) is 0 Å². The highest BCUT2D eigenvalue weighted by atomic mass is 32.2. The minimum Gasteiger partial charge on any atom is -0.491 e. The molecular formula is C17H26N2O4S. The second-order valence-corrected chi connectivity index (χ2v) is 8.29. The lowest BCUT2D eigenvalue weighted by molar-refractivity contribution is -0.131. The zero-order valence-electron chi connectivity index (χ0n) is 14.5. The zero-order chi connectivity index (χ0) is 17.7. The van der Waals surface area contributed by atoms with Crippen molar-refractivity contribution in [3.8, 4) is 5.75 Å². The van der Waals surface area contributed by atoms with Crippen molar-refractivity contribution in [2.45, 2.75) is 44.6 Å². The predicted octanol–water partition coefficient (Wildman–Crippen LogP) is 2.01. The van der Waals surface area contributed by atoms with Gasteiger partial charge in [-0.05, 0) is 56.9 Å². The molecule has 0 aromatic heterocycles. The van der Waals surface area contributed by atoms with Crippen molar-refractivity contribution in [2.75, 3.05) is 19.6 Å². The number of nitrogens with zero attached hydrogens (tertiary/aromatic N) is 1. The van der Waals surface area contributed by atoms with Gasteiger partial charge in [0.25, 0.3) is 0 Å². The summed E-state index contributed by atoms with van der Waals surface area (Å²) >= 11 is 0. The third kappa shape index (κ3) is 5.21. The molecule has 0 atom stereocenters. The van der Waals surface area contributed by atoms with E-state index in [9.17, 15) is 13.2 Å². The Hall–Kier alpha value is -1.60. The largest absolute Gasteiger partial charge is 0.491 e. The Kier molecular flexibility index (Phi) is 6.23. The maximum absolute atomic E-state index is 12.3. The number of likely N-dealkylation sites (tertiary alicyclic amines) is 1. The molecule has 0 aliphatic carbocycles. The number of hydrogen-bond acceptors (Lipinski definition) is 4. The van der Waals surface area contributed by atoms with Gasteiger partial charge in [0.2, 0.25) is 15.9 Å². The van der Waals surface area contributed by atoms with Gasteiger partial charge >= 0.3 is 0 Å². The number of benzene rings is 1. The van der Waals surface area contributed by atoms with Gasteiger partial charge in [-0.2, -0.15) is 0 Å². The van der Waals surface area contributed by atoms with E-state index in [0.717, 1.165) is 12.8 Å². The molecule has 1 N–H and O–H groups in total. The fourth-order valence-corrected chi connectivity index (χ4v) is 3.55. The summed E-state index contributed by atoms with van der Waals surface area (Å²) < 4.78 is 32.4. The van der Waals surface area contributed by atoms with Crippen LogP contribution in [0.15, 0.2) is 29.2 Å². The lowest BCUT2D eigenvalue weighted by Gasteiger charge is -2.30. The normalized spacial score (nSPS) is 16.4. The summed E-state index contributed by atoms with van der Waals surface area (Å²) in [4.78, 5) is 14.0. The van der Waals surface area contributed by atoms with Gasteiger partial charge in [0.1, 0.15) is 5.75 Å². The lowest BCUT2D eigenvalue weighted by Crippen LogP contribution is -2.43. The average Bonchev–Trinajstić information content (AvgIpc) is 2.53. The second-order valence-electron chi connectivity index (χ2n) is 6.53. The SMILES string of the molecule is CC1CCN(C(=O)CNS(=O)(=O)c2ccc(OC(C)C)cc2)CC1. The molecule has 134 valence electrons. The fourth-order valence-electron chi connectivity index (χ4n) is 2.58. The summed E-state index contributed by atoms with van der Waals surface area (Å²) in [5.41, 5.74) is 0. The average molecular weight is 354 g/mol. The first-order chi connectivity index (χ1) is 11.3. The molecule has 1 fully saturated rings. The van der Waals surface area contributed by atoms with Crippen molar-refractivity contribution in [2.24, 2.45) is 5.92 Å². The summed E-state index contributed by atoms with van der Waals surface area (Å²) in [6, 6.07) is 6.19. The Labute approximate surface area is 144 Å². The van der Waals surface area contributed by atoms with Crippen LogP contribution in [0.3, 0.4) is 0 Å². The minimum atomic E-state index is -3.70. The molecule has 2 rings (SSSR count). The highest BCUT2D eigenvalue weighted by Crippen LogP contribution is 2.18. The Morgan fingerprint density at radius 3 is 2.38 bits per heavy atom. The Balaban J connectivity index is 1.92. The van der Waals surface area contributed by atoms with E-state index in [1.54, 1.807) is 17.0 Å². The lowest BCUT2D eigenvalue weighted by atomic mass is 9.99. The van der Waals surface area contributed by atoms with E-state index in [1.165, 1.54) is 12.1 Å². The van der Waals surface area contributed by atoms with E-state index in [4.69, 9.17) is 4.74 Å². The van der Waals surface area contributed by atoms with Gasteiger partial charge in [-0.15, -0.1) is 0 Å². The molecule has 1 aliphatic heterocycles. The van der Waals surface area contributed by atoms with Crippen molar-refractivity contribution in [1.82, 2.24) is 9.62 Å². The van der Waals surface area contributed by atoms with E-state index in [-0.39, 0.29) is 23.5 Å². The van der Waals surface area contributed by atoms with Crippen molar-refractivity contribution >= 4 is 15.9 Å². The van der Waals surface area contributed by atoms with E-state index in [2.05, 4.69) is 11.6 Å². The summed E-state index contributed by atoms with van der Waals surface area (Å²) in [6.07, 6.45) is 1.96. The summed E-state index contributed by atoms with van der Waals surface area (Å²) in [7, 11) is -3.70. The van der Waals surface area contributed by atoms with Crippen LogP contribution >= 0.6 is 0 Å². The van der Waals surface area contributed by atoms with Crippen molar-refractivity contribution in [1.29, 1.82) is 0 Å². The summed E-state index contributed by atoms with van der Waals surface area (Å²) in [5, 5.41) is 0. The Morgan fingerprint density at radius 1 is 1.25 bits per heavy atom. The van der Waals surface area contributed by atoms with Gasteiger partial charge in [-0.1, -0.05) is 6.92 Å². The van der Waals surface area contributed by atoms with E-state index in [0.29, 0.717) is 24.8 Å². The topological polar surface area (TPSA) is 75.7 Å². The maximum Gasteiger partial charge on any atom is 0.241 e.